The third-order valence-corrected chi connectivity index (χ3v) is 3.82. The molecule has 1 aliphatic rings. The highest BCUT2D eigenvalue weighted by molar-refractivity contribution is 5.34. The summed E-state index contributed by atoms with van der Waals surface area (Å²) in [5.74, 6) is 2.47. The summed E-state index contributed by atoms with van der Waals surface area (Å²) >= 11 is 0. The summed E-state index contributed by atoms with van der Waals surface area (Å²) in [6, 6.07) is 17.8. The van der Waals surface area contributed by atoms with Crippen LogP contribution in [0.4, 0.5) is 0 Å². The number of hydrogen-bond acceptors (Lipinski definition) is 3. The number of ether oxygens (including phenoxy) is 3. The summed E-state index contributed by atoms with van der Waals surface area (Å²) in [7, 11) is 1.65. The lowest BCUT2D eigenvalue weighted by atomic mass is 9.94. The SMILES string of the molecule is COc1ccc(OC(C2=CC(C)(C)CO2)c2ccccc2)cc1. The Balaban J connectivity index is 1.89. The van der Waals surface area contributed by atoms with E-state index < -0.39 is 0 Å². The maximum Gasteiger partial charge on any atom is 0.180 e. The maximum atomic E-state index is 6.23. The Morgan fingerprint density at radius 3 is 2.17 bits per heavy atom. The zero-order chi connectivity index (χ0) is 16.3. The molecule has 0 amide bonds. The second-order valence-electron chi connectivity index (χ2n) is 6.41. The van der Waals surface area contributed by atoms with Crippen molar-refractivity contribution < 1.29 is 14.2 Å². The van der Waals surface area contributed by atoms with Crippen LogP contribution in [0.2, 0.25) is 0 Å². The zero-order valence-electron chi connectivity index (χ0n) is 13.8. The number of hydrogen-bond donors (Lipinski definition) is 0. The van der Waals surface area contributed by atoms with E-state index in [1.54, 1.807) is 7.11 Å². The molecule has 0 N–H and O–H groups in total. The summed E-state index contributed by atoms with van der Waals surface area (Å²) in [6.07, 6.45) is 1.92. The Morgan fingerprint density at radius 1 is 0.957 bits per heavy atom. The van der Waals surface area contributed by atoms with Crippen molar-refractivity contribution in [1.29, 1.82) is 0 Å². The van der Waals surface area contributed by atoms with Crippen LogP contribution in [0, 0.1) is 5.41 Å². The van der Waals surface area contributed by atoms with E-state index in [0.29, 0.717) is 6.61 Å². The summed E-state index contributed by atoms with van der Waals surface area (Å²) < 4.78 is 17.3. The lowest BCUT2D eigenvalue weighted by Gasteiger charge is -2.20. The first-order valence-electron chi connectivity index (χ1n) is 7.79. The fraction of sp³-hybridized carbons (Fsp3) is 0.300. The number of rotatable bonds is 5. The molecule has 0 fully saturated rings. The van der Waals surface area contributed by atoms with E-state index >= 15 is 0 Å². The summed E-state index contributed by atoms with van der Waals surface area (Å²) in [4.78, 5) is 0. The van der Waals surface area contributed by atoms with Crippen LogP contribution in [-0.4, -0.2) is 13.7 Å². The molecule has 1 atom stereocenters. The topological polar surface area (TPSA) is 27.7 Å². The minimum atomic E-state index is -0.244. The van der Waals surface area contributed by atoms with Crippen molar-refractivity contribution in [3.63, 3.8) is 0 Å². The summed E-state index contributed by atoms with van der Waals surface area (Å²) in [5, 5.41) is 0. The van der Waals surface area contributed by atoms with Crippen LogP contribution in [-0.2, 0) is 4.74 Å². The van der Waals surface area contributed by atoms with E-state index in [1.165, 1.54) is 0 Å². The van der Waals surface area contributed by atoms with Gasteiger partial charge in [0.1, 0.15) is 17.3 Å². The van der Waals surface area contributed by atoms with Crippen LogP contribution in [0.1, 0.15) is 25.5 Å². The van der Waals surface area contributed by atoms with Gasteiger partial charge in [0.15, 0.2) is 6.10 Å². The van der Waals surface area contributed by atoms with Gasteiger partial charge in [0, 0.05) is 5.41 Å². The van der Waals surface area contributed by atoms with Crippen LogP contribution >= 0.6 is 0 Å². The highest BCUT2D eigenvalue weighted by Gasteiger charge is 2.31. The van der Waals surface area contributed by atoms with E-state index in [2.05, 4.69) is 32.1 Å². The zero-order valence-corrected chi connectivity index (χ0v) is 13.8. The van der Waals surface area contributed by atoms with Gasteiger partial charge in [-0.25, -0.2) is 0 Å². The lowest BCUT2D eigenvalue weighted by Crippen LogP contribution is -2.11. The normalized spacial score (nSPS) is 17.1. The largest absolute Gasteiger partial charge is 0.497 e. The molecule has 0 saturated carbocycles. The monoisotopic (exact) mass is 310 g/mol. The van der Waals surface area contributed by atoms with Gasteiger partial charge in [-0.1, -0.05) is 44.2 Å². The molecule has 3 rings (SSSR count). The van der Waals surface area contributed by atoms with Crippen molar-refractivity contribution in [2.24, 2.45) is 5.41 Å². The van der Waals surface area contributed by atoms with Gasteiger partial charge in [0.05, 0.1) is 13.7 Å². The molecule has 23 heavy (non-hydrogen) atoms. The Morgan fingerprint density at radius 2 is 1.61 bits per heavy atom. The Kier molecular flexibility index (Phi) is 4.28. The molecule has 0 saturated heterocycles. The van der Waals surface area contributed by atoms with Crippen molar-refractivity contribution in [1.82, 2.24) is 0 Å². The average molecular weight is 310 g/mol. The van der Waals surface area contributed by atoms with Crippen molar-refractivity contribution in [2.75, 3.05) is 13.7 Å². The van der Waals surface area contributed by atoms with Crippen LogP contribution in [0.3, 0.4) is 0 Å². The van der Waals surface area contributed by atoms with Crippen LogP contribution < -0.4 is 9.47 Å². The van der Waals surface area contributed by atoms with Crippen LogP contribution in [0.15, 0.2) is 66.4 Å². The highest BCUT2D eigenvalue weighted by Crippen LogP contribution is 2.37. The quantitative estimate of drug-likeness (QED) is 0.797. The van der Waals surface area contributed by atoms with Crippen molar-refractivity contribution in [2.45, 2.75) is 20.0 Å². The third kappa shape index (κ3) is 3.67. The summed E-state index contributed by atoms with van der Waals surface area (Å²) in [5.41, 5.74) is 1.11. The van der Waals surface area contributed by atoms with Crippen molar-refractivity contribution >= 4 is 0 Å². The molecule has 0 bridgehead atoms. The standard InChI is InChI=1S/C20H22O3/c1-20(2)13-18(22-14-20)19(15-7-5-4-6-8-15)23-17-11-9-16(21-3)10-12-17/h4-13,19H,14H2,1-3H3. The van der Waals surface area contributed by atoms with Crippen molar-refractivity contribution in [3.8, 4) is 11.5 Å². The second-order valence-corrected chi connectivity index (χ2v) is 6.41. The first-order valence-corrected chi connectivity index (χ1v) is 7.79. The molecular formula is C20H22O3. The van der Waals surface area contributed by atoms with E-state index in [9.17, 15) is 0 Å². The molecule has 3 nitrogen and oxygen atoms in total. The molecule has 0 radical (unpaired) electrons. The molecule has 120 valence electrons. The molecular weight excluding hydrogens is 288 g/mol. The predicted molar refractivity (Wildman–Crippen MR) is 90.6 cm³/mol. The van der Waals surface area contributed by atoms with Gasteiger partial charge in [-0.3, -0.25) is 0 Å². The van der Waals surface area contributed by atoms with E-state index in [0.717, 1.165) is 22.8 Å². The predicted octanol–water partition coefficient (Wildman–Crippen LogP) is 4.76. The molecule has 2 aromatic rings. The van der Waals surface area contributed by atoms with Gasteiger partial charge in [0.25, 0.3) is 0 Å². The first-order chi connectivity index (χ1) is 11.1. The van der Waals surface area contributed by atoms with Gasteiger partial charge < -0.3 is 14.2 Å². The van der Waals surface area contributed by atoms with Crippen molar-refractivity contribution in [3.05, 3.63) is 72.0 Å². The smallest absolute Gasteiger partial charge is 0.180 e. The first kappa shape index (κ1) is 15.5. The molecule has 1 aliphatic heterocycles. The van der Waals surface area contributed by atoms with Gasteiger partial charge >= 0.3 is 0 Å². The fourth-order valence-electron chi connectivity index (χ4n) is 2.60. The van der Waals surface area contributed by atoms with E-state index in [4.69, 9.17) is 14.2 Å². The molecule has 0 aromatic heterocycles. The minimum Gasteiger partial charge on any atom is -0.497 e. The maximum absolute atomic E-state index is 6.23. The van der Waals surface area contributed by atoms with Crippen LogP contribution in [0.5, 0.6) is 11.5 Å². The van der Waals surface area contributed by atoms with E-state index in [-0.39, 0.29) is 11.5 Å². The second kappa shape index (κ2) is 6.37. The van der Waals surface area contributed by atoms with E-state index in [1.807, 2.05) is 42.5 Å². The molecule has 1 heterocycles. The van der Waals surface area contributed by atoms with Gasteiger partial charge in [0.2, 0.25) is 0 Å². The average Bonchev–Trinajstić information content (AvgIpc) is 2.93. The number of benzene rings is 2. The van der Waals surface area contributed by atoms with Gasteiger partial charge in [-0.2, -0.15) is 0 Å². The molecule has 0 aliphatic carbocycles. The van der Waals surface area contributed by atoms with Crippen LogP contribution in [0.25, 0.3) is 0 Å². The Bertz CT molecular complexity index is 672. The summed E-state index contributed by atoms with van der Waals surface area (Å²) in [6.45, 7) is 5.00. The lowest BCUT2D eigenvalue weighted by molar-refractivity contribution is 0.116. The van der Waals surface area contributed by atoms with Gasteiger partial charge in [-0.05, 0) is 35.9 Å². The molecule has 0 spiro atoms. The molecule has 2 aromatic carbocycles. The number of methoxy groups -OCH3 is 1. The minimum absolute atomic E-state index is 0.0334. The Hall–Kier alpha value is -2.42. The Labute approximate surface area is 137 Å². The third-order valence-electron chi connectivity index (χ3n) is 3.82. The highest BCUT2D eigenvalue weighted by atomic mass is 16.5. The molecule has 3 heteroatoms. The van der Waals surface area contributed by atoms with Gasteiger partial charge in [-0.15, -0.1) is 0 Å². The molecule has 1 unspecified atom stereocenters. The fourth-order valence-corrected chi connectivity index (χ4v) is 2.60.